The minimum absolute atomic E-state index is 0.0385. The molecule has 0 heterocycles. The predicted octanol–water partition coefficient (Wildman–Crippen LogP) is -0.253. The van der Waals surface area contributed by atoms with Gasteiger partial charge in [-0.05, 0) is 6.42 Å². The Kier molecular flexibility index (Phi) is 5.37. The van der Waals surface area contributed by atoms with E-state index in [-0.39, 0.29) is 13.2 Å². The van der Waals surface area contributed by atoms with E-state index in [4.69, 9.17) is 5.11 Å². The highest BCUT2D eigenvalue weighted by Gasteiger charge is 2.15. The van der Waals surface area contributed by atoms with Crippen LogP contribution in [0.3, 0.4) is 0 Å². The Morgan fingerprint density at radius 2 is 2.36 bits per heavy atom. The smallest absolute Gasteiger partial charge is 0.316 e. The number of aliphatic hydroxyl groups is 1. The number of carbonyl (C=O) groups excluding carboxylic acids is 2. The molecule has 0 aromatic rings. The number of rotatable bonds is 5. The van der Waals surface area contributed by atoms with Gasteiger partial charge in [0.1, 0.15) is 18.8 Å². The molecule has 0 aliphatic carbocycles. The van der Waals surface area contributed by atoms with Crippen molar-refractivity contribution in [1.82, 2.24) is 0 Å². The van der Waals surface area contributed by atoms with E-state index in [0.29, 0.717) is 12.7 Å². The van der Waals surface area contributed by atoms with E-state index in [1.165, 1.54) is 0 Å². The van der Waals surface area contributed by atoms with Crippen LogP contribution in [-0.2, 0) is 14.3 Å². The van der Waals surface area contributed by atoms with Gasteiger partial charge in [0, 0.05) is 0 Å². The van der Waals surface area contributed by atoms with Crippen LogP contribution in [0.15, 0.2) is 0 Å². The van der Waals surface area contributed by atoms with Crippen LogP contribution in [0.4, 0.5) is 0 Å². The summed E-state index contributed by atoms with van der Waals surface area (Å²) in [6.07, 6.45) is 0.994. The average Bonchev–Trinajstić information content (AvgIpc) is 2.03. The van der Waals surface area contributed by atoms with E-state index in [9.17, 15) is 9.59 Å². The second-order valence-electron chi connectivity index (χ2n) is 2.04. The molecule has 0 radical (unpaired) electrons. The Balaban J connectivity index is 3.69. The summed E-state index contributed by atoms with van der Waals surface area (Å²) in [5.41, 5.74) is 0. The number of aliphatic hydroxyl groups excluding tert-OH is 1. The first kappa shape index (κ1) is 10.1. The van der Waals surface area contributed by atoms with Gasteiger partial charge in [-0.25, -0.2) is 0 Å². The van der Waals surface area contributed by atoms with Gasteiger partial charge in [-0.2, -0.15) is 0 Å². The molecule has 0 spiro atoms. The molecular formula is C7H12O4. The van der Waals surface area contributed by atoms with Crippen LogP contribution in [0.2, 0.25) is 0 Å². The lowest BCUT2D eigenvalue weighted by Gasteiger charge is -2.05. The van der Waals surface area contributed by atoms with Gasteiger partial charge in [0.25, 0.3) is 0 Å². The van der Waals surface area contributed by atoms with Crippen LogP contribution in [0, 0.1) is 5.92 Å². The van der Waals surface area contributed by atoms with Crippen molar-refractivity contribution in [2.75, 3.05) is 13.2 Å². The van der Waals surface area contributed by atoms with Gasteiger partial charge in [-0.15, -0.1) is 0 Å². The van der Waals surface area contributed by atoms with Gasteiger partial charge < -0.3 is 14.6 Å². The van der Waals surface area contributed by atoms with E-state index in [1.54, 1.807) is 6.92 Å². The van der Waals surface area contributed by atoms with Crippen LogP contribution in [-0.4, -0.2) is 30.6 Å². The maximum Gasteiger partial charge on any atom is 0.316 e. The monoisotopic (exact) mass is 160 g/mol. The lowest BCUT2D eigenvalue weighted by atomic mass is 10.1. The normalized spacial score (nSPS) is 12.2. The molecule has 1 N–H and O–H groups in total. The van der Waals surface area contributed by atoms with Gasteiger partial charge >= 0.3 is 5.97 Å². The Morgan fingerprint density at radius 3 is 2.73 bits per heavy atom. The van der Waals surface area contributed by atoms with E-state index in [2.05, 4.69) is 4.74 Å². The molecule has 0 aromatic heterocycles. The molecular weight excluding hydrogens is 148 g/mol. The van der Waals surface area contributed by atoms with Crippen molar-refractivity contribution in [3.8, 4) is 0 Å². The van der Waals surface area contributed by atoms with E-state index in [1.807, 2.05) is 0 Å². The molecule has 0 fully saturated rings. The molecule has 0 saturated carbocycles. The lowest BCUT2D eigenvalue weighted by Crippen LogP contribution is -2.19. The number of esters is 1. The average molecular weight is 160 g/mol. The molecule has 1 atom stereocenters. The zero-order chi connectivity index (χ0) is 8.69. The molecule has 4 nitrogen and oxygen atoms in total. The zero-order valence-electron chi connectivity index (χ0n) is 6.45. The minimum Gasteiger partial charge on any atom is -0.463 e. The van der Waals surface area contributed by atoms with Gasteiger partial charge in [-0.3, -0.25) is 4.79 Å². The molecule has 0 saturated heterocycles. The van der Waals surface area contributed by atoms with Crippen LogP contribution >= 0.6 is 0 Å². The largest absolute Gasteiger partial charge is 0.463 e. The van der Waals surface area contributed by atoms with Crippen LogP contribution in [0.5, 0.6) is 0 Å². The summed E-state index contributed by atoms with van der Waals surface area (Å²) in [6.45, 7) is 1.48. The fraction of sp³-hybridized carbons (Fsp3) is 0.714. The Hall–Kier alpha value is -0.900. The molecule has 0 aromatic carbocycles. The van der Waals surface area contributed by atoms with Gasteiger partial charge in [0.05, 0.1) is 6.61 Å². The highest BCUT2D eigenvalue weighted by Crippen LogP contribution is 2.00. The maximum atomic E-state index is 10.8. The summed E-state index contributed by atoms with van der Waals surface area (Å²) >= 11 is 0. The number of aldehydes is 1. The minimum atomic E-state index is -0.679. The van der Waals surface area contributed by atoms with Crippen LogP contribution < -0.4 is 0 Å². The summed E-state index contributed by atoms with van der Waals surface area (Å²) in [4.78, 5) is 21.0. The molecule has 1 unspecified atom stereocenters. The molecule has 11 heavy (non-hydrogen) atoms. The second kappa shape index (κ2) is 5.85. The van der Waals surface area contributed by atoms with Crippen molar-refractivity contribution in [2.45, 2.75) is 13.3 Å². The molecule has 0 bridgehead atoms. The third-order valence-corrected chi connectivity index (χ3v) is 1.24. The maximum absolute atomic E-state index is 10.8. The molecule has 64 valence electrons. The number of carbonyl (C=O) groups is 2. The summed E-state index contributed by atoms with van der Waals surface area (Å²) in [5, 5.41) is 8.28. The highest BCUT2D eigenvalue weighted by molar-refractivity contribution is 5.87. The number of hydrogen-bond acceptors (Lipinski definition) is 4. The number of hydrogen-bond donors (Lipinski definition) is 1. The van der Waals surface area contributed by atoms with E-state index in [0.717, 1.165) is 0 Å². The van der Waals surface area contributed by atoms with Crippen LogP contribution in [0.1, 0.15) is 13.3 Å². The van der Waals surface area contributed by atoms with Crippen molar-refractivity contribution < 1.29 is 19.4 Å². The summed E-state index contributed by atoms with van der Waals surface area (Å²) in [5.74, 6) is -1.24. The summed E-state index contributed by atoms with van der Waals surface area (Å²) in [6, 6.07) is 0. The molecule has 4 heteroatoms. The molecule has 0 aliphatic rings. The molecule has 0 amide bonds. The first-order chi connectivity index (χ1) is 5.26. The third-order valence-electron chi connectivity index (χ3n) is 1.24. The highest BCUT2D eigenvalue weighted by atomic mass is 16.5. The first-order valence-electron chi connectivity index (χ1n) is 3.49. The van der Waals surface area contributed by atoms with Crippen molar-refractivity contribution in [2.24, 2.45) is 5.92 Å². The predicted molar refractivity (Wildman–Crippen MR) is 37.9 cm³/mol. The van der Waals surface area contributed by atoms with Crippen molar-refractivity contribution >= 4 is 12.3 Å². The first-order valence-corrected chi connectivity index (χ1v) is 3.49. The van der Waals surface area contributed by atoms with Crippen LogP contribution in [0.25, 0.3) is 0 Å². The van der Waals surface area contributed by atoms with E-state index >= 15 is 0 Å². The summed E-state index contributed by atoms with van der Waals surface area (Å²) < 4.78 is 4.51. The topological polar surface area (TPSA) is 63.6 Å². The Morgan fingerprint density at radius 1 is 1.73 bits per heavy atom. The SMILES string of the molecule is CCC(C=O)C(=O)OCCO. The van der Waals surface area contributed by atoms with Gasteiger partial charge in [0.15, 0.2) is 0 Å². The molecule has 0 aliphatic heterocycles. The third kappa shape index (κ3) is 3.72. The van der Waals surface area contributed by atoms with Gasteiger partial charge in [0.2, 0.25) is 0 Å². The van der Waals surface area contributed by atoms with Crippen molar-refractivity contribution in [3.63, 3.8) is 0 Å². The fourth-order valence-corrected chi connectivity index (χ4v) is 0.572. The fourth-order valence-electron chi connectivity index (χ4n) is 0.572. The lowest BCUT2D eigenvalue weighted by molar-refractivity contribution is -0.150. The zero-order valence-corrected chi connectivity index (χ0v) is 6.45. The van der Waals surface area contributed by atoms with Crippen molar-refractivity contribution in [3.05, 3.63) is 0 Å². The van der Waals surface area contributed by atoms with Gasteiger partial charge in [-0.1, -0.05) is 6.92 Å². The van der Waals surface area contributed by atoms with Crippen molar-refractivity contribution in [1.29, 1.82) is 0 Å². The second-order valence-corrected chi connectivity index (χ2v) is 2.04. The Bertz CT molecular complexity index is 132. The quantitative estimate of drug-likeness (QED) is 0.342. The number of ether oxygens (including phenoxy) is 1. The Labute approximate surface area is 65.2 Å². The summed E-state index contributed by atoms with van der Waals surface area (Å²) in [7, 11) is 0. The molecule has 0 rings (SSSR count). The standard InChI is InChI=1S/C7H12O4/c1-2-6(5-9)7(10)11-4-3-8/h5-6,8H,2-4H2,1H3. The van der Waals surface area contributed by atoms with E-state index < -0.39 is 11.9 Å².